The first-order valence-corrected chi connectivity index (χ1v) is 6.93. The molecule has 2 rings (SSSR count). The van der Waals surface area contributed by atoms with Crippen molar-refractivity contribution >= 4 is 5.91 Å². The number of amides is 1. The van der Waals surface area contributed by atoms with Gasteiger partial charge in [-0.15, -0.1) is 0 Å². The van der Waals surface area contributed by atoms with Gasteiger partial charge in [-0.25, -0.2) is 0 Å². The molecule has 1 aromatic rings. The quantitative estimate of drug-likeness (QED) is 0.870. The predicted octanol–water partition coefficient (Wildman–Crippen LogP) is 1.84. The van der Waals surface area contributed by atoms with E-state index in [4.69, 9.17) is 4.74 Å². The summed E-state index contributed by atoms with van der Waals surface area (Å²) in [5.41, 5.74) is 1.06. The maximum Gasteiger partial charge on any atom is 0.237 e. The van der Waals surface area contributed by atoms with Gasteiger partial charge in [0.2, 0.25) is 5.91 Å². The lowest BCUT2D eigenvalue weighted by atomic mass is 10.1. The summed E-state index contributed by atoms with van der Waals surface area (Å²) in [6.07, 6.45) is 4.44. The van der Waals surface area contributed by atoms with Gasteiger partial charge < -0.3 is 15.4 Å². The van der Waals surface area contributed by atoms with Crippen LogP contribution in [0.15, 0.2) is 24.3 Å². The van der Waals surface area contributed by atoms with Crippen LogP contribution in [0.4, 0.5) is 0 Å². The topological polar surface area (TPSA) is 50.4 Å². The molecule has 0 aliphatic carbocycles. The van der Waals surface area contributed by atoms with E-state index in [0.717, 1.165) is 30.7 Å². The van der Waals surface area contributed by atoms with Crippen molar-refractivity contribution < 1.29 is 9.53 Å². The second-order valence-corrected chi connectivity index (χ2v) is 4.93. The molecule has 19 heavy (non-hydrogen) atoms. The fourth-order valence-corrected chi connectivity index (χ4v) is 2.35. The van der Waals surface area contributed by atoms with Crippen molar-refractivity contribution in [3.63, 3.8) is 0 Å². The number of hydrogen-bond donors (Lipinski definition) is 2. The molecule has 0 saturated carbocycles. The molecule has 0 bridgehead atoms. The lowest BCUT2D eigenvalue weighted by Gasteiger charge is -2.15. The van der Waals surface area contributed by atoms with Crippen molar-refractivity contribution in [2.45, 2.75) is 38.3 Å². The number of ether oxygens (including phenoxy) is 1. The third-order valence-corrected chi connectivity index (χ3v) is 3.48. The molecule has 1 amide bonds. The SMILES string of the molecule is COc1cccc(CNC(=O)C2CCCCCN2)c1. The minimum Gasteiger partial charge on any atom is -0.497 e. The second kappa shape index (κ2) is 7.14. The molecule has 1 aliphatic heterocycles. The van der Waals surface area contributed by atoms with E-state index in [-0.39, 0.29) is 11.9 Å². The maximum absolute atomic E-state index is 12.1. The molecule has 0 radical (unpaired) electrons. The first-order valence-electron chi connectivity index (χ1n) is 6.93. The van der Waals surface area contributed by atoms with E-state index >= 15 is 0 Å². The third-order valence-electron chi connectivity index (χ3n) is 3.48. The molecular formula is C15H22N2O2. The Labute approximate surface area is 114 Å². The van der Waals surface area contributed by atoms with Crippen LogP contribution in [0.25, 0.3) is 0 Å². The summed E-state index contributed by atoms with van der Waals surface area (Å²) < 4.78 is 5.17. The maximum atomic E-state index is 12.1. The molecule has 1 fully saturated rings. The number of nitrogens with one attached hydrogen (secondary N) is 2. The smallest absolute Gasteiger partial charge is 0.237 e. The van der Waals surface area contributed by atoms with Gasteiger partial charge in [-0.2, -0.15) is 0 Å². The minimum absolute atomic E-state index is 0.0342. The number of benzene rings is 1. The van der Waals surface area contributed by atoms with Crippen LogP contribution in [0.3, 0.4) is 0 Å². The molecule has 4 heteroatoms. The fraction of sp³-hybridized carbons (Fsp3) is 0.533. The van der Waals surface area contributed by atoms with E-state index in [9.17, 15) is 4.79 Å². The Morgan fingerprint density at radius 3 is 3.16 bits per heavy atom. The van der Waals surface area contributed by atoms with E-state index in [2.05, 4.69) is 10.6 Å². The summed E-state index contributed by atoms with van der Waals surface area (Å²) in [5.74, 6) is 0.920. The summed E-state index contributed by atoms with van der Waals surface area (Å²) >= 11 is 0. The zero-order chi connectivity index (χ0) is 13.5. The number of carbonyl (C=O) groups is 1. The Balaban J connectivity index is 1.84. The van der Waals surface area contributed by atoms with Gasteiger partial charge in [-0.3, -0.25) is 4.79 Å². The van der Waals surface area contributed by atoms with Gasteiger partial charge in [-0.05, 0) is 37.1 Å². The first-order chi connectivity index (χ1) is 9.29. The van der Waals surface area contributed by atoms with Crippen LogP contribution in [-0.4, -0.2) is 25.6 Å². The molecule has 1 aliphatic rings. The Hall–Kier alpha value is -1.55. The summed E-state index contributed by atoms with van der Waals surface area (Å²) in [6.45, 7) is 1.49. The molecule has 1 atom stereocenters. The summed E-state index contributed by atoms with van der Waals surface area (Å²) in [7, 11) is 1.65. The highest BCUT2D eigenvalue weighted by Gasteiger charge is 2.18. The number of hydrogen-bond acceptors (Lipinski definition) is 3. The van der Waals surface area contributed by atoms with Gasteiger partial charge in [0.15, 0.2) is 0 Å². The minimum atomic E-state index is -0.0342. The molecular weight excluding hydrogens is 240 g/mol. The Morgan fingerprint density at radius 1 is 1.42 bits per heavy atom. The van der Waals surface area contributed by atoms with Crippen LogP contribution in [0, 0.1) is 0 Å². The molecule has 1 aromatic carbocycles. The van der Waals surface area contributed by atoms with Crippen LogP contribution in [-0.2, 0) is 11.3 Å². The monoisotopic (exact) mass is 262 g/mol. The van der Waals surface area contributed by atoms with Gasteiger partial charge in [-0.1, -0.05) is 25.0 Å². The molecule has 104 valence electrons. The highest BCUT2D eigenvalue weighted by atomic mass is 16.5. The van der Waals surface area contributed by atoms with Crippen molar-refractivity contribution in [1.29, 1.82) is 0 Å². The molecule has 2 N–H and O–H groups in total. The van der Waals surface area contributed by atoms with E-state index in [1.165, 1.54) is 12.8 Å². The molecule has 4 nitrogen and oxygen atoms in total. The van der Waals surface area contributed by atoms with Gasteiger partial charge in [0.05, 0.1) is 13.2 Å². The van der Waals surface area contributed by atoms with Crippen LogP contribution in [0.1, 0.15) is 31.2 Å². The van der Waals surface area contributed by atoms with Crippen LogP contribution in [0.2, 0.25) is 0 Å². The molecule has 1 heterocycles. The van der Waals surface area contributed by atoms with Gasteiger partial charge in [0.1, 0.15) is 5.75 Å². The lowest BCUT2D eigenvalue weighted by Crippen LogP contribution is -2.43. The third kappa shape index (κ3) is 4.24. The second-order valence-electron chi connectivity index (χ2n) is 4.93. The highest BCUT2D eigenvalue weighted by Crippen LogP contribution is 2.13. The van der Waals surface area contributed by atoms with Crippen molar-refractivity contribution in [3.8, 4) is 5.75 Å². The van der Waals surface area contributed by atoms with Crippen molar-refractivity contribution in [3.05, 3.63) is 29.8 Å². The van der Waals surface area contributed by atoms with Crippen LogP contribution in [0.5, 0.6) is 5.75 Å². The molecule has 1 unspecified atom stereocenters. The van der Waals surface area contributed by atoms with Crippen LogP contribution < -0.4 is 15.4 Å². The predicted molar refractivity (Wildman–Crippen MR) is 75.1 cm³/mol. The Bertz CT molecular complexity index is 412. The largest absolute Gasteiger partial charge is 0.497 e. The summed E-state index contributed by atoms with van der Waals surface area (Å²) in [5, 5.41) is 6.29. The van der Waals surface area contributed by atoms with E-state index < -0.39 is 0 Å². The van der Waals surface area contributed by atoms with Crippen molar-refractivity contribution in [2.24, 2.45) is 0 Å². The average molecular weight is 262 g/mol. The summed E-state index contributed by atoms with van der Waals surface area (Å²) in [6, 6.07) is 7.74. The van der Waals surface area contributed by atoms with Crippen molar-refractivity contribution in [2.75, 3.05) is 13.7 Å². The lowest BCUT2D eigenvalue weighted by molar-refractivity contribution is -0.123. The van der Waals surface area contributed by atoms with Gasteiger partial charge in [0.25, 0.3) is 0 Å². The summed E-state index contributed by atoms with van der Waals surface area (Å²) in [4.78, 5) is 12.1. The molecule has 0 aromatic heterocycles. The number of rotatable bonds is 4. The number of carbonyl (C=O) groups excluding carboxylic acids is 1. The Morgan fingerprint density at radius 2 is 2.32 bits per heavy atom. The normalized spacial score (nSPS) is 19.5. The zero-order valence-electron chi connectivity index (χ0n) is 11.4. The standard InChI is InChI=1S/C15H22N2O2/c1-19-13-7-5-6-12(10-13)11-17-15(18)14-8-3-2-4-9-16-14/h5-7,10,14,16H,2-4,8-9,11H2,1H3,(H,17,18). The van der Waals surface area contributed by atoms with E-state index in [1.807, 2.05) is 24.3 Å². The zero-order valence-corrected chi connectivity index (χ0v) is 11.4. The number of methoxy groups -OCH3 is 1. The molecule has 0 spiro atoms. The first kappa shape index (κ1) is 13.9. The van der Waals surface area contributed by atoms with E-state index in [1.54, 1.807) is 7.11 Å². The Kier molecular flexibility index (Phi) is 5.21. The van der Waals surface area contributed by atoms with Gasteiger partial charge >= 0.3 is 0 Å². The van der Waals surface area contributed by atoms with Crippen LogP contribution >= 0.6 is 0 Å². The van der Waals surface area contributed by atoms with Crippen molar-refractivity contribution in [1.82, 2.24) is 10.6 Å². The van der Waals surface area contributed by atoms with E-state index in [0.29, 0.717) is 6.54 Å². The highest BCUT2D eigenvalue weighted by molar-refractivity contribution is 5.81. The fourth-order valence-electron chi connectivity index (χ4n) is 2.35. The molecule has 1 saturated heterocycles. The van der Waals surface area contributed by atoms with Gasteiger partial charge in [0, 0.05) is 6.54 Å². The average Bonchev–Trinajstić information content (AvgIpc) is 2.74.